The zero-order valence-corrected chi connectivity index (χ0v) is 8.21. The molecule has 1 heterocycles. The molecule has 1 aliphatic heterocycles. The van der Waals surface area contributed by atoms with Crippen LogP contribution >= 0.6 is 11.6 Å². The average Bonchev–Trinajstić information content (AvgIpc) is 2.65. The van der Waals surface area contributed by atoms with Gasteiger partial charge in [-0.05, 0) is 13.0 Å². The molecule has 0 saturated carbocycles. The van der Waals surface area contributed by atoms with Crippen LogP contribution in [-0.2, 0) is 14.3 Å². The van der Waals surface area contributed by atoms with Gasteiger partial charge in [-0.1, -0.05) is 0 Å². The van der Waals surface area contributed by atoms with Gasteiger partial charge in [0.1, 0.15) is 11.9 Å². The molecule has 0 aromatic rings. The zero-order chi connectivity index (χ0) is 10.6. The second-order valence-corrected chi connectivity index (χ2v) is 3.19. The van der Waals surface area contributed by atoms with Gasteiger partial charge in [0.15, 0.2) is 0 Å². The number of halogens is 1. The molecule has 1 N–H and O–H groups in total. The van der Waals surface area contributed by atoms with Crippen LogP contribution in [0, 0.1) is 18.3 Å². The molecular formula is C9H10ClNO3. The molecule has 4 nitrogen and oxygen atoms in total. The Labute approximate surface area is 86.9 Å². The van der Waals surface area contributed by atoms with E-state index in [-0.39, 0.29) is 11.8 Å². The van der Waals surface area contributed by atoms with Gasteiger partial charge in [-0.2, -0.15) is 0 Å². The fourth-order valence-electron chi connectivity index (χ4n) is 1.33. The summed E-state index contributed by atoms with van der Waals surface area (Å²) in [5.74, 6) is 0.550. The van der Waals surface area contributed by atoms with Gasteiger partial charge in [-0.15, -0.1) is 23.9 Å². The van der Waals surface area contributed by atoms with E-state index in [9.17, 15) is 9.59 Å². The number of carbonyl (C=O) groups is 2. The lowest BCUT2D eigenvalue weighted by molar-refractivity contribution is -0.159. The topological polar surface area (TPSA) is 55.4 Å². The Bertz CT molecular complexity index is 284. The quantitative estimate of drug-likeness (QED) is 0.303. The first-order valence-corrected chi connectivity index (χ1v) is 4.72. The first-order chi connectivity index (χ1) is 6.69. The molecule has 0 aromatic heterocycles. The molecule has 1 aliphatic rings. The van der Waals surface area contributed by atoms with E-state index in [1.165, 1.54) is 0 Å². The third-order valence-corrected chi connectivity index (χ3v) is 2.23. The van der Waals surface area contributed by atoms with Gasteiger partial charge in [0.25, 0.3) is 0 Å². The van der Waals surface area contributed by atoms with Crippen LogP contribution in [0.5, 0.6) is 0 Å². The molecular weight excluding hydrogens is 206 g/mol. The highest BCUT2D eigenvalue weighted by atomic mass is 35.5. The van der Waals surface area contributed by atoms with E-state index in [4.69, 9.17) is 18.0 Å². The lowest BCUT2D eigenvalue weighted by atomic mass is 10.0. The third kappa shape index (κ3) is 2.47. The summed E-state index contributed by atoms with van der Waals surface area (Å²) in [5, 5.41) is 2.87. The van der Waals surface area contributed by atoms with Crippen LogP contribution in [0.1, 0.15) is 6.42 Å². The van der Waals surface area contributed by atoms with Crippen LogP contribution in [0.3, 0.4) is 0 Å². The molecule has 1 unspecified atom stereocenters. The summed E-state index contributed by atoms with van der Waals surface area (Å²) in [6, 6.07) is -0.577. The molecule has 1 saturated heterocycles. The van der Waals surface area contributed by atoms with Crippen LogP contribution in [0.4, 0.5) is 0 Å². The Kier molecular flexibility index (Phi) is 3.93. The normalized spacial score (nSPS) is 25.4. The van der Waals surface area contributed by atoms with E-state index in [0.717, 1.165) is 0 Å². The Morgan fingerprint density at radius 3 is 2.93 bits per heavy atom. The highest BCUT2D eigenvalue weighted by Gasteiger charge is 2.33. The van der Waals surface area contributed by atoms with E-state index >= 15 is 0 Å². The molecule has 5 heteroatoms. The molecule has 0 aromatic carbocycles. The van der Waals surface area contributed by atoms with Crippen molar-refractivity contribution in [3.05, 3.63) is 0 Å². The van der Waals surface area contributed by atoms with Gasteiger partial charge >= 0.3 is 11.9 Å². The average molecular weight is 216 g/mol. The van der Waals surface area contributed by atoms with Crippen LogP contribution in [0.2, 0.25) is 0 Å². The van der Waals surface area contributed by atoms with Gasteiger partial charge in [0, 0.05) is 5.92 Å². The molecule has 1 fully saturated rings. The van der Waals surface area contributed by atoms with E-state index < -0.39 is 18.0 Å². The number of ether oxygens (including phenoxy) is 1. The minimum absolute atomic E-state index is 0.203. The summed E-state index contributed by atoms with van der Waals surface area (Å²) in [7, 11) is 0. The molecule has 0 amide bonds. The summed E-state index contributed by atoms with van der Waals surface area (Å²) in [4.78, 5) is 22.0. The van der Waals surface area contributed by atoms with Crippen molar-refractivity contribution in [3.8, 4) is 12.3 Å². The highest BCUT2D eigenvalue weighted by molar-refractivity contribution is 6.27. The zero-order valence-electron chi connectivity index (χ0n) is 7.46. The maximum absolute atomic E-state index is 11.3. The Balaban J connectivity index is 2.52. The van der Waals surface area contributed by atoms with E-state index in [2.05, 4.69) is 16.0 Å². The summed E-state index contributed by atoms with van der Waals surface area (Å²) < 4.78 is 4.45. The summed E-state index contributed by atoms with van der Waals surface area (Å²) in [6.07, 6.45) is 5.93. The Morgan fingerprint density at radius 1 is 1.64 bits per heavy atom. The number of rotatable bonds is 2. The second kappa shape index (κ2) is 4.99. The number of hydrogen-bond donors (Lipinski definition) is 1. The number of terminal acetylenes is 1. The van der Waals surface area contributed by atoms with E-state index in [1.807, 2.05) is 0 Å². The van der Waals surface area contributed by atoms with Gasteiger partial charge in [0.05, 0.1) is 0 Å². The van der Waals surface area contributed by atoms with E-state index in [0.29, 0.717) is 13.0 Å². The van der Waals surface area contributed by atoms with Crippen molar-refractivity contribution in [2.45, 2.75) is 12.5 Å². The standard InChI is InChI=1S/C9H10ClNO3/c1-2-6-3-4-11-8(6)9(13)14-7(12)5-10/h1,6,8,11H,3-5H2/t6?,8-/m0/s1. The van der Waals surface area contributed by atoms with Crippen molar-refractivity contribution in [3.63, 3.8) is 0 Å². The van der Waals surface area contributed by atoms with Crippen molar-refractivity contribution < 1.29 is 14.3 Å². The van der Waals surface area contributed by atoms with Crippen LogP contribution in [-0.4, -0.2) is 30.4 Å². The first-order valence-electron chi connectivity index (χ1n) is 4.19. The van der Waals surface area contributed by atoms with E-state index in [1.54, 1.807) is 0 Å². The molecule has 14 heavy (non-hydrogen) atoms. The van der Waals surface area contributed by atoms with Crippen molar-refractivity contribution in [1.82, 2.24) is 5.32 Å². The molecule has 2 atom stereocenters. The van der Waals surface area contributed by atoms with Crippen LogP contribution in [0.15, 0.2) is 0 Å². The largest absolute Gasteiger partial charge is 0.391 e. The SMILES string of the molecule is C#CC1CCN[C@@H]1C(=O)OC(=O)CCl. The highest BCUT2D eigenvalue weighted by Crippen LogP contribution is 2.15. The molecule has 0 spiro atoms. The third-order valence-electron chi connectivity index (χ3n) is 2.01. The molecule has 0 radical (unpaired) electrons. The number of carbonyl (C=O) groups excluding carboxylic acids is 2. The summed E-state index contributed by atoms with van der Waals surface area (Å²) >= 11 is 5.19. The van der Waals surface area contributed by atoms with Gasteiger partial charge in [0.2, 0.25) is 0 Å². The predicted molar refractivity (Wildman–Crippen MR) is 50.5 cm³/mol. The van der Waals surface area contributed by atoms with Crippen molar-refractivity contribution in [2.75, 3.05) is 12.4 Å². The predicted octanol–water partition coefficient (Wildman–Crippen LogP) is -0.0937. The van der Waals surface area contributed by atoms with Gasteiger partial charge in [-0.25, -0.2) is 4.79 Å². The smallest absolute Gasteiger partial charge is 0.332 e. The number of alkyl halides is 1. The Morgan fingerprint density at radius 2 is 2.36 bits per heavy atom. The molecule has 1 rings (SSSR count). The number of hydrogen-bond acceptors (Lipinski definition) is 4. The fraction of sp³-hybridized carbons (Fsp3) is 0.556. The molecule has 0 bridgehead atoms. The maximum atomic E-state index is 11.3. The second-order valence-electron chi connectivity index (χ2n) is 2.92. The number of nitrogens with one attached hydrogen (secondary N) is 1. The minimum atomic E-state index is -0.749. The van der Waals surface area contributed by atoms with Gasteiger partial charge < -0.3 is 10.1 Å². The van der Waals surface area contributed by atoms with Crippen LogP contribution in [0.25, 0.3) is 0 Å². The lowest BCUT2D eigenvalue weighted by Gasteiger charge is -2.11. The van der Waals surface area contributed by atoms with Crippen molar-refractivity contribution >= 4 is 23.5 Å². The first kappa shape index (κ1) is 11.0. The summed E-state index contributed by atoms with van der Waals surface area (Å²) in [5.41, 5.74) is 0. The molecule has 0 aliphatic carbocycles. The van der Waals surface area contributed by atoms with Crippen LogP contribution < -0.4 is 5.32 Å². The molecule has 76 valence electrons. The fourth-order valence-corrected chi connectivity index (χ4v) is 1.39. The van der Waals surface area contributed by atoms with Gasteiger partial charge in [-0.3, -0.25) is 4.79 Å². The maximum Gasteiger partial charge on any atom is 0.332 e. The van der Waals surface area contributed by atoms with Crippen molar-refractivity contribution in [2.24, 2.45) is 5.92 Å². The van der Waals surface area contributed by atoms with Crippen molar-refractivity contribution in [1.29, 1.82) is 0 Å². The Hall–Kier alpha value is -1.05. The lowest BCUT2D eigenvalue weighted by Crippen LogP contribution is -2.38. The minimum Gasteiger partial charge on any atom is -0.391 e. The monoisotopic (exact) mass is 215 g/mol. The summed E-state index contributed by atoms with van der Waals surface area (Å²) in [6.45, 7) is 0.656. The number of esters is 2.